The van der Waals surface area contributed by atoms with Crippen LogP contribution in [0.2, 0.25) is 0 Å². The van der Waals surface area contributed by atoms with Gasteiger partial charge in [0.1, 0.15) is 11.8 Å². The summed E-state index contributed by atoms with van der Waals surface area (Å²) in [6, 6.07) is 13.2. The molecule has 0 saturated carbocycles. The topological polar surface area (TPSA) is 73.4 Å². The number of amides is 4. The third-order valence-corrected chi connectivity index (χ3v) is 5.55. The van der Waals surface area contributed by atoms with Crippen LogP contribution < -0.4 is 14.5 Å². The highest BCUT2D eigenvalue weighted by Crippen LogP contribution is 2.30. The molecule has 4 amide bonds. The Labute approximate surface area is 175 Å². The molecule has 156 valence electrons. The predicted octanol–water partition coefficient (Wildman–Crippen LogP) is 2.05. The van der Waals surface area contributed by atoms with Gasteiger partial charge in [-0.05, 0) is 36.4 Å². The van der Waals surface area contributed by atoms with Crippen LogP contribution in [0, 0.1) is 0 Å². The van der Waals surface area contributed by atoms with Gasteiger partial charge < -0.3 is 19.4 Å². The number of piperazine rings is 1. The molecule has 0 radical (unpaired) electrons. The fourth-order valence-corrected chi connectivity index (χ4v) is 3.85. The van der Waals surface area contributed by atoms with Crippen LogP contribution in [-0.2, 0) is 4.79 Å². The molecule has 0 spiro atoms. The summed E-state index contributed by atoms with van der Waals surface area (Å²) in [6.45, 7) is 0.881. The van der Waals surface area contributed by atoms with E-state index in [0.717, 1.165) is 5.69 Å². The summed E-state index contributed by atoms with van der Waals surface area (Å²) in [7, 11) is 5.41. The van der Waals surface area contributed by atoms with E-state index in [2.05, 4.69) is 0 Å². The van der Waals surface area contributed by atoms with Gasteiger partial charge in [0.15, 0.2) is 0 Å². The number of carbonyl (C=O) groups excluding carboxylic acids is 3. The predicted molar refractivity (Wildman–Crippen MR) is 113 cm³/mol. The third kappa shape index (κ3) is 3.34. The molecule has 8 nitrogen and oxygen atoms in total. The van der Waals surface area contributed by atoms with Gasteiger partial charge in [-0.1, -0.05) is 6.07 Å². The van der Waals surface area contributed by atoms with Gasteiger partial charge in [-0.15, -0.1) is 0 Å². The molecule has 0 N–H and O–H groups in total. The van der Waals surface area contributed by atoms with Crippen LogP contribution in [0.3, 0.4) is 0 Å². The summed E-state index contributed by atoms with van der Waals surface area (Å²) in [5.41, 5.74) is 2.04. The second kappa shape index (κ2) is 7.70. The van der Waals surface area contributed by atoms with E-state index in [0.29, 0.717) is 30.1 Å². The van der Waals surface area contributed by atoms with Crippen LogP contribution in [0.15, 0.2) is 48.5 Å². The largest absolute Gasteiger partial charge is 0.497 e. The van der Waals surface area contributed by atoms with Crippen molar-refractivity contribution in [1.29, 1.82) is 0 Å². The highest BCUT2D eigenvalue weighted by molar-refractivity contribution is 6.21. The first kappa shape index (κ1) is 19.8. The van der Waals surface area contributed by atoms with Gasteiger partial charge in [0, 0.05) is 44.5 Å². The first-order valence-electron chi connectivity index (χ1n) is 9.76. The number of fused-ring (bicyclic) bond motifs is 1. The van der Waals surface area contributed by atoms with Crippen molar-refractivity contribution < 1.29 is 19.1 Å². The Bertz CT molecular complexity index is 989. The van der Waals surface area contributed by atoms with Crippen molar-refractivity contribution in [1.82, 2.24) is 9.80 Å². The Kier molecular flexibility index (Phi) is 5.07. The SMILES string of the molecule is COc1cccc(N2C(=O)[C@H]3CN(C(=O)c4ccc(N(C)C)cc4)CCN3C2=O)c1. The summed E-state index contributed by atoms with van der Waals surface area (Å²) in [5, 5.41) is 0. The number of nitrogens with zero attached hydrogens (tertiary/aromatic N) is 4. The lowest BCUT2D eigenvalue weighted by atomic mass is 10.1. The van der Waals surface area contributed by atoms with E-state index in [1.807, 2.05) is 31.1 Å². The van der Waals surface area contributed by atoms with E-state index in [1.165, 1.54) is 12.0 Å². The lowest BCUT2D eigenvalue weighted by molar-refractivity contribution is -0.120. The minimum absolute atomic E-state index is 0.139. The van der Waals surface area contributed by atoms with E-state index in [9.17, 15) is 14.4 Å². The van der Waals surface area contributed by atoms with Gasteiger partial charge in [0.25, 0.3) is 11.8 Å². The van der Waals surface area contributed by atoms with Gasteiger partial charge in [-0.2, -0.15) is 0 Å². The van der Waals surface area contributed by atoms with Gasteiger partial charge in [-0.25, -0.2) is 9.69 Å². The van der Waals surface area contributed by atoms with Crippen molar-refractivity contribution in [2.75, 3.05) is 50.6 Å². The van der Waals surface area contributed by atoms with E-state index in [1.54, 1.807) is 46.2 Å². The van der Waals surface area contributed by atoms with Crippen molar-refractivity contribution in [3.8, 4) is 5.75 Å². The van der Waals surface area contributed by atoms with Gasteiger partial charge in [0.2, 0.25) is 0 Å². The summed E-state index contributed by atoms with van der Waals surface area (Å²) in [5.74, 6) is 0.102. The fourth-order valence-electron chi connectivity index (χ4n) is 3.85. The summed E-state index contributed by atoms with van der Waals surface area (Å²) in [6.07, 6.45) is 0. The van der Waals surface area contributed by atoms with E-state index < -0.39 is 6.04 Å². The lowest BCUT2D eigenvalue weighted by Gasteiger charge is -2.35. The molecule has 2 saturated heterocycles. The van der Waals surface area contributed by atoms with Gasteiger partial charge >= 0.3 is 6.03 Å². The molecule has 4 rings (SSSR count). The smallest absolute Gasteiger partial charge is 0.332 e. The number of carbonyl (C=O) groups is 3. The van der Waals surface area contributed by atoms with E-state index >= 15 is 0 Å². The minimum atomic E-state index is -0.678. The van der Waals surface area contributed by atoms with Crippen LogP contribution in [0.1, 0.15) is 10.4 Å². The molecule has 0 unspecified atom stereocenters. The monoisotopic (exact) mass is 408 g/mol. The lowest BCUT2D eigenvalue weighted by Crippen LogP contribution is -2.54. The first-order chi connectivity index (χ1) is 14.4. The van der Waals surface area contributed by atoms with Crippen molar-refractivity contribution in [3.05, 3.63) is 54.1 Å². The number of imide groups is 1. The highest BCUT2D eigenvalue weighted by atomic mass is 16.5. The van der Waals surface area contributed by atoms with Crippen LogP contribution >= 0.6 is 0 Å². The zero-order valence-corrected chi connectivity index (χ0v) is 17.2. The number of hydrogen-bond acceptors (Lipinski definition) is 5. The Morgan fingerprint density at radius 3 is 2.47 bits per heavy atom. The van der Waals surface area contributed by atoms with Crippen LogP contribution in [0.4, 0.5) is 16.2 Å². The Morgan fingerprint density at radius 2 is 1.80 bits per heavy atom. The van der Waals surface area contributed by atoms with Crippen molar-refractivity contribution >= 4 is 29.2 Å². The maximum absolute atomic E-state index is 13.1. The molecular weight excluding hydrogens is 384 g/mol. The normalized spacial score (nSPS) is 18.5. The number of benzene rings is 2. The average molecular weight is 408 g/mol. The molecule has 1 atom stereocenters. The van der Waals surface area contributed by atoms with Crippen LogP contribution in [-0.4, -0.2) is 74.5 Å². The Morgan fingerprint density at radius 1 is 1.07 bits per heavy atom. The molecule has 0 aromatic heterocycles. The fraction of sp³-hybridized carbons (Fsp3) is 0.318. The molecule has 30 heavy (non-hydrogen) atoms. The quantitative estimate of drug-likeness (QED) is 0.724. The van der Waals surface area contributed by atoms with Gasteiger partial charge in [-0.3, -0.25) is 9.59 Å². The molecule has 2 fully saturated rings. The number of methoxy groups -OCH3 is 1. The van der Waals surface area contributed by atoms with E-state index in [-0.39, 0.29) is 24.4 Å². The second-order valence-electron chi connectivity index (χ2n) is 7.56. The maximum atomic E-state index is 13.1. The standard InChI is InChI=1S/C22H24N4O4/c1-23(2)16-9-7-15(8-10-16)20(27)24-11-12-25-19(14-24)21(28)26(22(25)29)17-5-4-6-18(13-17)30-3/h4-10,13,19H,11-12,14H2,1-3H3/t19-/m1/s1. The molecule has 2 aromatic carbocycles. The minimum Gasteiger partial charge on any atom is -0.497 e. The Hall–Kier alpha value is -3.55. The molecule has 2 aromatic rings. The van der Waals surface area contributed by atoms with Crippen molar-refractivity contribution in [3.63, 3.8) is 0 Å². The number of anilines is 2. The first-order valence-corrected chi connectivity index (χ1v) is 9.76. The van der Waals surface area contributed by atoms with Crippen LogP contribution in [0.5, 0.6) is 5.75 Å². The number of rotatable bonds is 4. The van der Waals surface area contributed by atoms with E-state index in [4.69, 9.17) is 4.74 Å². The number of urea groups is 1. The molecule has 0 aliphatic carbocycles. The Balaban J connectivity index is 1.52. The van der Waals surface area contributed by atoms with Crippen molar-refractivity contribution in [2.24, 2.45) is 0 Å². The maximum Gasteiger partial charge on any atom is 0.332 e. The van der Waals surface area contributed by atoms with Gasteiger partial charge in [0.05, 0.1) is 19.3 Å². The third-order valence-electron chi connectivity index (χ3n) is 5.55. The molecule has 2 heterocycles. The summed E-state index contributed by atoms with van der Waals surface area (Å²) in [4.78, 5) is 45.2. The summed E-state index contributed by atoms with van der Waals surface area (Å²) >= 11 is 0. The number of ether oxygens (including phenoxy) is 1. The zero-order valence-electron chi connectivity index (χ0n) is 17.2. The second-order valence-corrected chi connectivity index (χ2v) is 7.56. The highest BCUT2D eigenvalue weighted by Gasteiger charge is 2.49. The number of hydrogen-bond donors (Lipinski definition) is 0. The molecule has 8 heteroatoms. The average Bonchev–Trinajstić information content (AvgIpc) is 3.02. The molecular formula is C22H24N4O4. The van der Waals surface area contributed by atoms with Crippen LogP contribution in [0.25, 0.3) is 0 Å². The molecule has 2 aliphatic heterocycles. The van der Waals surface area contributed by atoms with Crippen molar-refractivity contribution in [2.45, 2.75) is 6.04 Å². The summed E-state index contributed by atoms with van der Waals surface area (Å²) < 4.78 is 5.21. The molecule has 2 aliphatic rings. The molecule has 0 bridgehead atoms. The zero-order chi connectivity index (χ0) is 21.4.